The van der Waals surface area contributed by atoms with E-state index in [-0.39, 0.29) is 5.91 Å². The number of nitrogens with one attached hydrogen (secondary N) is 1. The molecule has 0 saturated carbocycles. The molecule has 0 fully saturated rings. The number of nitrogen functional groups attached to an aromatic ring is 1. The van der Waals surface area contributed by atoms with Crippen molar-refractivity contribution in [3.63, 3.8) is 0 Å². The summed E-state index contributed by atoms with van der Waals surface area (Å²) in [5.74, 6) is 0.0542. The lowest BCUT2D eigenvalue weighted by molar-refractivity contribution is -0.116. The van der Waals surface area contributed by atoms with Crippen molar-refractivity contribution in [3.8, 4) is 0 Å². The van der Waals surface area contributed by atoms with Crippen LogP contribution in [-0.4, -0.2) is 17.7 Å². The number of hydrogen-bond acceptors (Lipinski definition) is 4. The molecule has 2 aromatic carbocycles. The van der Waals surface area contributed by atoms with Crippen LogP contribution in [0.25, 0.3) is 10.8 Å². The molecule has 1 unspecified atom stereocenters. The van der Waals surface area contributed by atoms with Crippen LogP contribution in [0.5, 0.6) is 0 Å². The first-order valence-corrected chi connectivity index (χ1v) is 6.21. The molecule has 0 aliphatic carbocycles. The highest BCUT2D eigenvalue weighted by molar-refractivity contribution is 7.80. The summed E-state index contributed by atoms with van der Waals surface area (Å²) >= 11 is 4.01. The number of rotatable bonds is 3. The standard InChI is InChI=1S/C13H15N3OS/c14-10-5-1-4-9-8(10)3-2-6-12(9)16-13(17)11(15)7-18/h1-6,11,18H,7,14-15H2,(H,16,17). The fraction of sp³-hybridized carbons (Fsp3) is 0.154. The van der Waals surface area contributed by atoms with E-state index in [0.29, 0.717) is 17.1 Å². The molecule has 5 N–H and O–H groups in total. The Morgan fingerprint density at radius 2 is 1.89 bits per heavy atom. The normalized spacial score (nSPS) is 12.3. The minimum atomic E-state index is -0.621. The van der Waals surface area contributed by atoms with Gasteiger partial charge in [0, 0.05) is 27.9 Å². The lowest BCUT2D eigenvalue weighted by Crippen LogP contribution is -2.37. The highest BCUT2D eigenvalue weighted by Gasteiger charge is 2.12. The van der Waals surface area contributed by atoms with Gasteiger partial charge in [-0.3, -0.25) is 4.79 Å². The van der Waals surface area contributed by atoms with Crippen molar-refractivity contribution in [2.24, 2.45) is 5.73 Å². The molecule has 0 saturated heterocycles. The minimum absolute atomic E-state index is 0.250. The first kappa shape index (κ1) is 12.7. The van der Waals surface area contributed by atoms with Gasteiger partial charge in [-0.2, -0.15) is 12.6 Å². The lowest BCUT2D eigenvalue weighted by atomic mass is 10.1. The van der Waals surface area contributed by atoms with Crippen molar-refractivity contribution < 1.29 is 4.79 Å². The smallest absolute Gasteiger partial charge is 0.242 e. The van der Waals surface area contributed by atoms with Crippen molar-refractivity contribution in [2.75, 3.05) is 16.8 Å². The predicted molar refractivity (Wildman–Crippen MR) is 78.8 cm³/mol. The zero-order chi connectivity index (χ0) is 13.1. The molecule has 2 aromatic rings. The van der Waals surface area contributed by atoms with E-state index in [1.807, 2.05) is 36.4 Å². The second-order valence-electron chi connectivity index (χ2n) is 4.03. The first-order chi connectivity index (χ1) is 8.63. The molecule has 2 rings (SSSR count). The number of hydrogen-bond donors (Lipinski definition) is 4. The quantitative estimate of drug-likeness (QED) is 0.500. The Morgan fingerprint density at radius 1 is 1.22 bits per heavy atom. The van der Waals surface area contributed by atoms with Crippen LogP contribution in [0.4, 0.5) is 11.4 Å². The van der Waals surface area contributed by atoms with Gasteiger partial charge in [-0.1, -0.05) is 24.3 Å². The summed E-state index contributed by atoms with van der Waals surface area (Å²) in [6.45, 7) is 0. The van der Waals surface area contributed by atoms with Crippen molar-refractivity contribution in [3.05, 3.63) is 36.4 Å². The van der Waals surface area contributed by atoms with Gasteiger partial charge in [-0.25, -0.2) is 0 Å². The molecule has 5 heteroatoms. The van der Waals surface area contributed by atoms with Gasteiger partial charge in [-0.15, -0.1) is 0 Å². The van der Waals surface area contributed by atoms with Crippen molar-refractivity contribution >= 4 is 40.7 Å². The van der Waals surface area contributed by atoms with Crippen LogP contribution < -0.4 is 16.8 Å². The van der Waals surface area contributed by atoms with Gasteiger partial charge in [0.15, 0.2) is 0 Å². The molecule has 0 radical (unpaired) electrons. The number of carbonyl (C=O) groups excluding carboxylic acids is 1. The molecule has 0 aromatic heterocycles. The zero-order valence-corrected chi connectivity index (χ0v) is 10.7. The Bertz CT molecular complexity index is 585. The third-order valence-electron chi connectivity index (χ3n) is 2.75. The van der Waals surface area contributed by atoms with E-state index in [1.165, 1.54) is 0 Å². The molecule has 1 atom stereocenters. The van der Waals surface area contributed by atoms with Crippen LogP contribution in [-0.2, 0) is 4.79 Å². The average molecular weight is 261 g/mol. The predicted octanol–water partition coefficient (Wildman–Crippen LogP) is 1.62. The van der Waals surface area contributed by atoms with E-state index >= 15 is 0 Å². The maximum absolute atomic E-state index is 11.8. The third-order valence-corrected chi connectivity index (χ3v) is 3.14. The van der Waals surface area contributed by atoms with Gasteiger partial charge in [0.05, 0.1) is 6.04 Å². The Balaban J connectivity index is 2.40. The molecule has 0 aliphatic heterocycles. The molecule has 94 valence electrons. The summed E-state index contributed by atoms with van der Waals surface area (Å²) in [5, 5.41) is 4.61. The number of anilines is 2. The van der Waals surface area contributed by atoms with E-state index in [1.54, 1.807) is 0 Å². The van der Waals surface area contributed by atoms with Gasteiger partial charge in [0.1, 0.15) is 0 Å². The molecule has 0 bridgehead atoms. The number of nitrogens with two attached hydrogens (primary N) is 2. The van der Waals surface area contributed by atoms with E-state index in [9.17, 15) is 4.79 Å². The van der Waals surface area contributed by atoms with E-state index in [2.05, 4.69) is 17.9 Å². The minimum Gasteiger partial charge on any atom is -0.398 e. The molecule has 4 nitrogen and oxygen atoms in total. The number of fused-ring (bicyclic) bond motifs is 1. The molecule has 0 spiro atoms. The maximum Gasteiger partial charge on any atom is 0.242 e. The van der Waals surface area contributed by atoms with Gasteiger partial charge in [0.2, 0.25) is 5.91 Å². The molecule has 18 heavy (non-hydrogen) atoms. The number of thiol groups is 1. The van der Waals surface area contributed by atoms with Crippen LogP contribution in [0.3, 0.4) is 0 Å². The summed E-state index contributed by atoms with van der Waals surface area (Å²) in [4.78, 5) is 11.8. The topological polar surface area (TPSA) is 81.1 Å². The average Bonchev–Trinajstić information content (AvgIpc) is 2.39. The van der Waals surface area contributed by atoms with Gasteiger partial charge >= 0.3 is 0 Å². The Morgan fingerprint density at radius 3 is 2.61 bits per heavy atom. The Kier molecular flexibility index (Phi) is 3.74. The fourth-order valence-electron chi connectivity index (χ4n) is 1.75. The van der Waals surface area contributed by atoms with Crippen LogP contribution in [0.1, 0.15) is 0 Å². The number of benzene rings is 2. The van der Waals surface area contributed by atoms with Crippen LogP contribution in [0.2, 0.25) is 0 Å². The number of carbonyl (C=O) groups is 1. The fourth-order valence-corrected chi connectivity index (χ4v) is 1.92. The Hall–Kier alpha value is -1.72. The zero-order valence-electron chi connectivity index (χ0n) is 9.76. The molecule has 0 aliphatic rings. The van der Waals surface area contributed by atoms with Gasteiger partial charge in [0.25, 0.3) is 0 Å². The number of amides is 1. The van der Waals surface area contributed by atoms with E-state index in [0.717, 1.165) is 10.8 Å². The maximum atomic E-state index is 11.8. The summed E-state index contributed by atoms with van der Waals surface area (Å²) in [7, 11) is 0. The first-order valence-electron chi connectivity index (χ1n) is 5.58. The highest BCUT2D eigenvalue weighted by atomic mass is 32.1. The van der Waals surface area contributed by atoms with Gasteiger partial charge < -0.3 is 16.8 Å². The van der Waals surface area contributed by atoms with Crippen LogP contribution in [0.15, 0.2) is 36.4 Å². The molecular formula is C13H15N3OS. The van der Waals surface area contributed by atoms with Gasteiger partial charge in [-0.05, 0) is 12.1 Å². The lowest BCUT2D eigenvalue weighted by Gasteiger charge is -2.12. The summed E-state index contributed by atoms with van der Waals surface area (Å²) < 4.78 is 0. The van der Waals surface area contributed by atoms with Crippen molar-refractivity contribution in [1.82, 2.24) is 0 Å². The largest absolute Gasteiger partial charge is 0.398 e. The molecule has 0 heterocycles. The summed E-state index contributed by atoms with van der Waals surface area (Å²) in [6.07, 6.45) is 0. The summed E-state index contributed by atoms with van der Waals surface area (Å²) in [6, 6.07) is 10.6. The monoisotopic (exact) mass is 261 g/mol. The van der Waals surface area contributed by atoms with Crippen LogP contribution in [0, 0.1) is 0 Å². The second-order valence-corrected chi connectivity index (χ2v) is 4.39. The molecule has 1 amide bonds. The third kappa shape index (κ3) is 2.42. The summed E-state index contributed by atoms with van der Waals surface area (Å²) in [5.41, 5.74) is 12.9. The highest BCUT2D eigenvalue weighted by Crippen LogP contribution is 2.27. The SMILES string of the molecule is Nc1cccc2c(NC(=O)C(N)CS)cccc12. The second kappa shape index (κ2) is 5.29. The Labute approximate surface area is 111 Å². The molecular weight excluding hydrogens is 246 g/mol. The van der Waals surface area contributed by atoms with Crippen molar-refractivity contribution in [1.29, 1.82) is 0 Å². The van der Waals surface area contributed by atoms with Crippen molar-refractivity contribution in [2.45, 2.75) is 6.04 Å². The van der Waals surface area contributed by atoms with Crippen LogP contribution >= 0.6 is 12.6 Å². The van der Waals surface area contributed by atoms with E-state index in [4.69, 9.17) is 11.5 Å². The van der Waals surface area contributed by atoms with E-state index < -0.39 is 6.04 Å².